The van der Waals surface area contributed by atoms with Gasteiger partial charge in [-0.05, 0) is 85.3 Å². The van der Waals surface area contributed by atoms with Crippen LogP contribution in [-0.2, 0) is 22.6 Å². The van der Waals surface area contributed by atoms with E-state index in [-0.39, 0.29) is 24.7 Å². The number of carbonyl (C=O) groups is 1. The highest BCUT2D eigenvalue weighted by atomic mass is 16.7. The average molecular weight is 698 g/mol. The van der Waals surface area contributed by atoms with Gasteiger partial charge in [0.05, 0.1) is 36.0 Å². The second kappa shape index (κ2) is 16.0. The standard InChI is InChI=1S/C43H47N5O4/c49-29-30-13-15-32(16-14-30)41-24-36(28-48-23-7-9-35(48)27-47-21-5-6-22-47)51-43(52-41)33-19-17-31(18-20-33)37-10-2-1-8-34(37)25-45-42(50)40-26-44-38-11-3-4-12-39(38)46-40/h1-4,8,10-20,26,35-36,41,43,49H,5-7,9,21-25,27-29H2,(H,45,50)/t35-,36-,41+,43+/m0/s1. The van der Waals surface area contributed by atoms with Crippen LogP contribution in [-0.4, -0.2) is 75.7 Å². The van der Waals surface area contributed by atoms with Crippen molar-refractivity contribution in [2.24, 2.45) is 0 Å². The van der Waals surface area contributed by atoms with Gasteiger partial charge < -0.3 is 24.8 Å². The van der Waals surface area contributed by atoms with Crippen molar-refractivity contribution in [2.75, 3.05) is 32.7 Å². The molecule has 3 aliphatic rings. The minimum Gasteiger partial charge on any atom is -0.392 e. The van der Waals surface area contributed by atoms with Crippen LogP contribution in [0.2, 0.25) is 0 Å². The molecule has 4 aromatic carbocycles. The van der Waals surface area contributed by atoms with E-state index < -0.39 is 6.29 Å². The van der Waals surface area contributed by atoms with Crippen LogP contribution in [0.25, 0.3) is 22.2 Å². The fraction of sp³-hybridized carbons (Fsp3) is 0.372. The Kier molecular flexibility index (Phi) is 10.7. The summed E-state index contributed by atoms with van der Waals surface area (Å²) >= 11 is 0. The van der Waals surface area contributed by atoms with E-state index in [2.05, 4.69) is 67.5 Å². The predicted octanol–water partition coefficient (Wildman–Crippen LogP) is 6.82. The number of para-hydroxylation sites is 2. The number of hydrogen-bond acceptors (Lipinski definition) is 8. The predicted molar refractivity (Wildman–Crippen MR) is 201 cm³/mol. The van der Waals surface area contributed by atoms with Crippen molar-refractivity contribution in [2.45, 2.75) is 69.8 Å². The lowest BCUT2D eigenvalue weighted by Gasteiger charge is -2.39. The number of aliphatic hydroxyl groups excluding tert-OH is 1. The SMILES string of the molecule is O=C(NCc1ccccc1-c1ccc([C@@H]2O[C@H](CN3CCC[C@H]3CN3CCCC3)C[C@H](c3ccc(CO)cc3)O2)cc1)c1cnc2ccccc2n1. The molecular formula is C43H47N5O4. The van der Waals surface area contributed by atoms with Crippen LogP contribution in [0.5, 0.6) is 0 Å². The fourth-order valence-corrected chi connectivity index (χ4v) is 8.01. The van der Waals surface area contributed by atoms with Crippen molar-refractivity contribution in [1.29, 1.82) is 0 Å². The lowest BCUT2D eigenvalue weighted by Crippen LogP contribution is -2.45. The van der Waals surface area contributed by atoms with Gasteiger partial charge in [0.2, 0.25) is 0 Å². The molecule has 0 saturated carbocycles. The van der Waals surface area contributed by atoms with E-state index in [1.54, 1.807) is 0 Å². The van der Waals surface area contributed by atoms with Crippen molar-refractivity contribution < 1.29 is 19.4 Å². The van der Waals surface area contributed by atoms with E-state index in [9.17, 15) is 9.90 Å². The molecule has 8 rings (SSSR count). The molecule has 1 amide bonds. The Morgan fingerprint density at radius 3 is 2.37 bits per heavy atom. The molecule has 3 aliphatic heterocycles. The topological polar surface area (TPSA) is 100 Å². The number of hydrogen-bond donors (Lipinski definition) is 2. The summed E-state index contributed by atoms with van der Waals surface area (Å²) in [6, 6.07) is 32.8. The van der Waals surface area contributed by atoms with Gasteiger partial charge >= 0.3 is 0 Å². The molecule has 9 heteroatoms. The zero-order valence-corrected chi connectivity index (χ0v) is 29.6. The summed E-state index contributed by atoms with van der Waals surface area (Å²) in [4.78, 5) is 27.2. The minimum absolute atomic E-state index is 0.0223. The number of ether oxygens (including phenoxy) is 2. The van der Waals surface area contributed by atoms with Gasteiger partial charge in [0.25, 0.3) is 5.91 Å². The first-order valence-corrected chi connectivity index (χ1v) is 18.7. The fourth-order valence-electron chi connectivity index (χ4n) is 8.01. The van der Waals surface area contributed by atoms with Crippen molar-refractivity contribution in [3.63, 3.8) is 0 Å². The van der Waals surface area contributed by atoms with Crippen LogP contribution in [0.1, 0.15) is 77.2 Å². The Bertz CT molecular complexity index is 1960. The van der Waals surface area contributed by atoms with Gasteiger partial charge in [-0.2, -0.15) is 0 Å². The third kappa shape index (κ3) is 7.94. The first kappa shape index (κ1) is 34.6. The van der Waals surface area contributed by atoms with E-state index in [1.807, 2.05) is 54.6 Å². The average Bonchev–Trinajstić information content (AvgIpc) is 3.89. The van der Waals surface area contributed by atoms with E-state index >= 15 is 0 Å². The highest BCUT2D eigenvalue weighted by Crippen LogP contribution is 2.39. The molecular weight excluding hydrogens is 651 g/mol. The van der Waals surface area contributed by atoms with Crippen LogP contribution in [0.4, 0.5) is 0 Å². The van der Waals surface area contributed by atoms with Crippen LogP contribution in [0, 0.1) is 0 Å². The molecule has 0 unspecified atom stereocenters. The van der Waals surface area contributed by atoms with E-state index in [4.69, 9.17) is 9.47 Å². The second-order valence-corrected chi connectivity index (χ2v) is 14.4. The third-order valence-electron chi connectivity index (χ3n) is 10.9. The van der Waals surface area contributed by atoms with Crippen LogP contribution in [0.15, 0.2) is 103 Å². The molecule has 9 nitrogen and oxygen atoms in total. The molecule has 0 aliphatic carbocycles. The molecule has 0 spiro atoms. The van der Waals surface area contributed by atoms with Gasteiger partial charge in [-0.1, -0.05) is 84.9 Å². The Morgan fingerprint density at radius 2 is 1.56 bits per heavy atom. The van der Waals surface area contributed by atoms with Crippen LogP contribution >= 0.6 is 0 Å². The zero-order valence-electron chi connectivity index (χ0n) is 29.6. The van der Waals surface area contributed by atoms with Gasteiger partial charge in [0.1, 0.15) is 5.69 Å². The smallest absolute Gasteiger partial charge is 0.271 e. The molecule has 3 fully saturated rings. The Morgan fingerprint density at radius 1 is 0.808 bits per heavy atom. The lowest BCUT2D eigenvalue weighted by atomic mass is 9.97. The summed E-state index contributed by atoms with van der Waals surface area (Å²) in [6.45, 7) is 5.99. The maximum absolute atomic E-state index is 13.1. The first-order valence-electron chi connectivity index (χ1n) is 18.7. The number of likely N-dealkylation sites (tertiary alicyclic amines) is 2. The van der Waals surface area contributed by atoms with Crippen LogP contribution < -0.4 is 5.32 Å². The largest absolute Gasteiger partial charge is 0.392 e. The molecule has 2 N–H and O–H groups in total. The Hall–Kier alpha value is -4.51. The molecule has 3 saturated heterocycles. The van der Waals surface area contributed by atoms with Gasteiger partial charge in [-0.25, -0.2) is 4.98 Å². The van der Waals surface area contributed by atoms with E-state index in [0.29, 0.717) is 23.8 Å². The summed E-state index contributed by atoms with van der Waals surface area (Å²) in [7, 11) is 0. The first-order chi connectivity index (χ1) is 25.6. The molecule has 0 radical (unpaired) electrons. The number of amides is 1. The second-order valence-electron chi connectivity index (χ2n) is 14.4. The number of rotatable bonds is 11. The quantitative estimate of drug-likeness (QED) is 0.155. The maximum Gasteiger partial charge on any atom is 0.271 e. The van der Waals surface area contributed by atoms with Crippen molar-refractivity contribution in [3.8, 4) is 11.1 Å². The van der Waals surface area contributed by atoms with Crippen LogP contribution in [0.3, 0.4) is 0 Å². The molecule has 5 aromatic rings. The zero-order chi connectivity index (χ0) is 35.3. The van der Waals surface area contributed by atoms with Crippen molar-refractivity contribution in [1.82, 2.24) is 25.1 Å². The van der Waals surface area contributed by atoms with Gasteiger partial charge in [0, 0.05) is 37.7 Å². The molecule has 0 bridgehead atoms. The number of nitrogens with one attached hydrogen (secondary N) is 1. The molecule has 4 heterocycles. The number of nitrogens with zero attached hydrogens (tertiary/aromatic N) is 4. The van der Waals surface area contributed by atoms with Gasteiger partial charge in [0.15, 0.2) is 6.29 Å². The van der Waals surface area contributed by atoms with Crippen molar-refractivity contribution in [3.05, 3.63) is 131 Å². The summed E-state index contributed by atoms with van der Waals surface area (Å²) < 4.78 is 13.5. The maximum atomic E-state index is 13.1. The Labute approximate surface area is 305 Å². The monoisotopic (exact) mass is 697 g/mol. The molecule has 268 valence electrons. The normalized spacial score (nSPS) is 22.6. The van der Waals surface area contributed by atoms with Gasteiger partial charge in [-0.15, -0.1) is 0 Å². The highest BCUT2D eigenvalue weighted by molar-refractivity contribution is 5.93. The van der Waals surface area contributed by atoms with Crippen molar-refractivity contribution >= 4 is 16.9 Å². The number of aromatic nitrogens is 2. The van der Waals surface area contributed by atoms with E-state index in [0.717, 1.165) is 65.0 Å². The number of benzene rings is 4. The lowest BCUT2D eigenvalue weighted by molar-refractivity contribution is -0.253. The number of fused-ring (bicyclic) bond motifs is 1. The molecule has 1 aromatic heterocycles. The Balaban J connectivity index is 0.976. The third-order valence-corrected chi connectivity index (χ3v) is 10.9. The number of aliphatic hydroxyl groups is 1. The summed E-state index contributed by atoms with van der Waals surface area (Å²) in [5.41, 5.74) is 7.80. The number of carbonyl (C=O) groups excluding carboxylic acids is 1. The summed E-state index contributed by atoms with van der Waals surface area (Å²) in [5, 5.41) is 12.7. The molecule has 4 atom stereocenters. The summed E-state index contributed by atoms with van der Waals surface area (Å²) in [5.74, 6) is -0.263. The minimum atomic E-state index is -0.507. The summed E-state index contributed by atoms with van der Waals surface area (Å²) in [6.07, 6.45) is 6.82. The van der Waals surface area contributed by atoms with E-state index in [1.165, 1.54) is 45.0 Å². The molecule has 52 heavy (non-hydrogen) atoms. The highest BCUT2D eigenvalue weighted by Gasteiger charge is 2.36. The van der Waals surface area contributed by atoms with Gasteiger partial charge in [-0.3, -0.25) is 14.7 Å².